The Morgan fingerprint density at radius 2 is 0.930 bits per heavy atom. The molecule has 0 radical (unpaired) electrons. The van der Waals surface area contributed by atoms with Crippen molar-refractivity contribution in [2.45, 2.75) is 13.8 Å². The Kier molecular flexibility index (Phi) is 12.0. The largest absolute Gasteiger partial charge is 0.490 e. The molecule has 0 unspecified atom stereocenters. The molecule has 4 rings (SSSR count). The standard InChI is InChI=1S/C34H36N2O7/c1-3-39-21-23-41-31-11-7-5-9-29(31)33(37)35-25-13-17-27(18-14-25)43-28-19-15-26(16-20-28)36-34(38)30-10-6-8-12-32(30)42-24-22-40-4-2/h5-20H,3-4,21-24H2,1-2H3,(H,35,37)(H,36,38). The maximum Gasteiger partial charge on any atom is 0.259 e. The van der Waals surface area contributed by atoms with Gasteiger partial charge < -0.3 is 34.3 Å². The van der Waals surface area contributed by atoms with Crippen LogP contribution in [0.25, 0.3) is 0 Å². The first-order valence-corrected chi connectivity index (χ1v) is 14.2. The fraction of sp³-hybridized carbons (Fsp3) is 0.235. The third kappa shape index (κ3) is 9.59. The van der Waals surface area contributed by atoms with Crippen LogP contribution in [0.1, 0.15) is 34.6 Å². The third-order valence-corrected chi connectivity index (χ3v) is 6.10. The number of para-hydroxylation sites is 2. The molecular formula is C34H36N2O7. The van der Waals surface area contributed by atoms with Crippen molar-refractivity contribution < 1.29 is 33.3 Å². The molecule has 0 atom stereocenters. The molecule has 9 heteroatoms. The number of rotatable bonds is 16. The normalized spacial score (nSPS) is 10.6. The maximum absolute atomic E-state index is 12.9. The van der Waals surface area contributed by atoms with Crippen molar-refractivity contribution in [1.82, 2.24) is 0 Å². The van der Waals surface area contributed by atoms with Gasteiger partial charge in [0.25, 0.3) is 11.8 Å². The van der Waals surface area contributed by atoms with Gasteiger partial charge in [-0.25, -0.2) is 0 Å². The molecule has 0 aliphatic rings. The molecule has 0 aliphatic carbocycles. The number of nitrogens with one attached hydrogen (secondary N) is 2. The molecule has 2 amide bonds. The number of hydrogen-bond acceptors (Lipinski definition) is 7. The second-order valence-electron chi connectivity index (χ2n) is 9.14. The Morgan fingerprint density at radius 1 is 0.535 bits per heavy atom. The van der Waals surface area contributed by atoms with Gasteiger partial charge in [0.2, 0.25) is 0 Å². The Hall–Kier alpha value is -4.86. The van der Waals surface area contributed by atoms with Crippen molar-refractivity contribution in [3.8, 4) is 23.0 Å². The highest BCUT2D eigenvalue weighted by molar-refractivity contribution is 6.06. The molecule has 0 aliphatic heterocycles. The van der Waals surface area contributed by atoms with Gasteiger partial charge in [-0.2, -0.15) is 0 Å². The summed E-state index contributed by atoms with van der Waals surface area (Å²) in [7, 11) is 0. The van der Waals surface area contributed by atoms with Crippen LogP contribution < -0.4 is 24.8 Å². The smallest absolute Gasteiger partial charge is 0.259 e. The summed E-state index contributed by atoms with van der Waals surface area (Å²) in [5, 5.41) is 5.78. The van der Waals surface area contributed by atoms with Gasteiger partial charge in [0, 0.05) is 24.6 Å². The first-order valence-electron chi connectivity index (χ1n) is 14.2. The summed E-state index contributed by atoms with van der Waals surface area (Å²) in [5.74, 6) is 1.61. The minimum atomic E-state index is -0.280. The lowest BCUT2D eigenvalue weighted by molar-refractivity contribution is 0.0992. The van der Waals surface area contributed by atoms with E-state index in [9.17, 15) is 9.59 Å². The first kappa shape index (κ1) is 31.1. The molecular weight excluding hydrogens is 548 g/mol. The first-order chi connectivity index (χ1) is 21.1. The lowest BCUT2D eigenvalue weighted by atomic mass is 10.2. The quantitative estimate of drug-likeness (QED) is 0.139. The predicted octanol–water partition coefficient (Wildman–Crippen LogP) is 6.81. The van der Waals surface area contributed by atoms with Gasteiger partial charge in [-0.05, 0) is 86.6 Å². The van der Waals surface area contributed by atoms with Crippen LogP contribution in [0.2, 0.25) is 0 Å². The number of carbonyl (C=O) groups is 2. The molecule has 4 aromatic carbocycles. The molecule has 9 nitrogen and oxygen atoms in total. The fourth-order valence-corrected chi connectivity index (χ4v) is 4.02. The molecule has 0 aromatic heterocycles. The number of anilines is 2. The van der Waals surface area contributed by atoms with Gasteiger partial charge in [0.05, 0.1) is 24.3 Å². The van der Waals surface area contributed by atoms with Crippen LogP contribution in [0.3, 0.4) is 0 Å². The van der Waals surface area contributed by atoms with E-state index in [0.717, 1.165) is 0 Å². The van der Waals surface area contributed by atoms with Crippen LogP contribution in [0.4, 0.5) is 11.4 Å². The van der Waals surface area contributed by atoms with Crippen LogP contribution >= 0.6 is 0 Å². The van der Waals surface area contributed by atoms with Crippen molar-refractivity contribution in [3.63, 3.8) is 0 Å². The Labute approximate surface area is 251 Å². The summed E-state index contributed by atoms with van der Waals surface area (Å²) < 4.78 is 28.0. The van der Waals surface area contributed by atoms with Gasteiger partial charge in [-0.3, -0.25) is 9.59 Å². The number of hydrogen-bond donors (Lipinski definition) is 2. The van der Waals surface area contributed by atoms with E-state index >= 15 is 0 Å². The molecule has 0 spiro atoms. The molecule has 0 saturated carbocycles. The summed E-state index contributed by atoms with van der Waals surface area (Å²) in [6, 6.07) is 28.2. The van der Waals surface area contributed by atoms with E-state index < -0.39 is 0 Å². The Bertz CT molecular complexity index is 1350. The topological polar surface area (TPSA) is 104 Å². The van der Waals surface area contributed by atoms with E-state index in [2.05, 4.69) is 10.6 Å². The van der Waals surface area contributed by atoms with Crippen LogP contribution in [0.5, 0.6) is 23.0 Å². The molecule has 0 fully saturated rings. The summed E-state index contributed by atoms with van der Waals surface area (Å²) in [5.41, 5.74) is 2.09. The molecule has 43 heavy (non-hydrogen) atoms. The van der Waals surface area contributed by atoms with E-state index in [1.807, 2.05) is 26.0 Å². The molecule has 0 saturated heterocycles. The lowest BCUT2D eigenvalue weighted by Gasteiger charge is -2.13. The van der Waals surface area contributed by atoms with Crippen LogP contribution in [0.15, 0.2) is 97.1 Å². The van der Waals surface area contributed by atoms with Gasteiger partial charge in [-0.1, -0.05) is 24.3 Å². The third-order valence-electron chi connectivity index (χ3n) is 6.10. The van der Waals surface area contributed by atoms with Gasteiger partial charge in [-0.15, -0.1) is 0 Å². The van der Waals surface area contributed by atoms with Crippen molar-refractivity contribution >= 4 is 23.2 Å². The molecule has 4 aromatic rings. The Morgan fingerprint density at radius 3 is 1.33 bits per heavy atom. The second-order valence-corrected chi connectivity index (χ2v) is 9.14. The molecule has 0 bridgehead atoms. The predicted molar refractivity (Wildman–Crippen MR) is 166 cm³/mol. The average molecular weight is 585 g/mol. The fourth-order valence-electron chi connectivity index (χ4n) is 4.02. The van der Waals surface area contributed by atoms with Gasteiger partial charge >= 0.3 is 0 Å². The maximum atomic E-state index is 12.9. The zero-order valence-electron chi connectivity index (χ0n) is 24.3. The zero-order valence-corrected chi connectivity index (χ0v) is 24.3. The Balaban J connectivity index is 1.30. The summed E-state index contributed by atoms with van der Waals surface area (Å²) in [6.07, 6.45) is 0. The number of ether oxygens (including phenoxy) is 5. The summed E-state index contributed by atoms with van der Waals surface area (Å²) >= 11 is 0. The van der Waals surface area contributed by atoms with E-state index in [0.29, 0.717) is 85.1 Å². The zero-order chi connectivity index (χ0) is 30.3. The SMILES string of the molecule is CCOCCOc1ccccc1C(=O)Nc1ccc(Oc2ccc(NC(=O)c3ccccc3OCCOCC)cc2)cc1. The lowest BCUT2D eigenvalue weighted by Crippen LogP contribution is -2.15. The molecule has 0 heterocycles. The van der Waals surface area contributed by atoms with E-state index in [-0.39, 0.29) is 11.8 Å². The molecule has 224 valence electrons. The monoisotopic (exact) mass is 584 g/mol. The second kappa shape index (κ2) is 16.5. The van der Waals surface area contributed by atoms with E-state index in [1.165, 1.54) is 0 Å². The number of amides is 2. The van der Waals surface area contributed by atoms with Crippen molar-refractivity contribution in [3.05, 3.63) is 108 Å². The minimum absolute atomic E-state index is 0.280. The number of benzene rings is 4. The van der Waals surface area contributed by atoms with Gasteiger partial charge in [0.1, 0.15) is 36.2 Å². The van der Waals surface area contributed by atoms with Crippen LogP contribution in [0, 0.1) is 0 Å². The van der Waals surface area contributed by atoms with Crippen molar-refractivity contribution in [2.75, 3.05) is 50.3 Å². The highest BCUT2D eigenvalue weighted by Gasteiger charge is 2.14. The van der Waals surface area contributed by atoms with Crippen molar-refractivity contribution in [1.29, 1.82) is 0 Å². The average Bonchev–Trinajstić information content (AvgIpc) is 3.03. The van der Waals surface area contributed by atoms with Crippen molar-refractivity contribution in [2.24, 2.45) is 0 Å². The highest BCUT2D eigenvalue weighted by Crippen LogP contribution is 2.26. The summed E-state index contributed by atoms with van der Waals surface area (Å²) in [4.78, 5) is 25.8. The van der Waals surface area contributed by atoms with E-state index in [4.69, 9.17) is 23.7 Å². The van der Waals surface area contributed by atoms with E-state index in [1.54, 1.807) is 84.9 Å². The molecule has 2 N–H and O–H groups in total. The van der Waals surface area contributed by atoms with Gasteiger partial charge in [0.15, 0.2) is 0 Å². The highest BCUT2D eigenvalue weighted by atomic mass is 16.5. The van der Waals surface area contributed by atoms with Crippen LogP contribution in [-0.4, -0.2) is 51.5 Å². The summed E-state index contributed by atoms with van der Waals surface area (Å²) in [6.45, 7) is 6.66. The minimum Gasteiger partial charge on any atom is -0.490 e. The van der Waals surface area contributed by atoms with Crippen LogP contribution in [-0.2, 0) is 9.47 Å². The number of carbonyl (C=O) groups excluding carboxylic acids is 2.